The molecule has 1 aromatic rings. The van der Waals surface area contributed by atoms with Gasteiger partial charge in [0.15, 0.2) is 5.84 Å². The minimum atomic E-state index is 0.0270. The SMILES string of the molecule is CC1OCCC1(C)NCCOc1ccc(/C(N)=N/O)cc1. The number of rotatable bonds is 6. The highest BCUT2D eigenvalue weighted by atomic mass is 16.5. The van der Waals surface area contributed by atoms with Crippen molar-refractivity contribution in [3.8, 4) is 5.75 Å². The van der Waals surface area contributed by atoms with E-state index in [1.54, 1.807) is 24.3 Å². The van der Waals surface area contributed by atoms with Gasteiger partial charge in [0.05, 0.1) is 6.10 Å². The molecule has 1 aliphatic rings. The molecule has 0 aromatic heterocycles. The van der Waals surface area contributed by atoms with Crippen LogP contribution < -0.4 is 15.8 Å². The summed E-state index contributed by atoms with van der Waals surface area (Å²) in [4.78, 5) is 0. The Morgan fingerprint density at radius 1 is 1.52 bits per heavy atom. The van der Waals surface area contributed by atoms with Gasteiger partial charge in [-0.2, -0.15) is 0 Å². The van der Waals surface area contributed by atoms with E-state index >= 15 is 0 Å². The van der Waals surface area contributed by atoms with Crippen molar-refractivity contribution < 1.29 is 14.7 Å². The second-order valence-corrected chi connectivity index (χ2v) is 5.47. The molecule has 1 aromatic carbocycles. The fourth-order valence-electron chi connectivity index (χ4n) is 2.35. The summed E-state index contributed by atoms with van der Waals surface area (Å²) >= 11 is 0. The zero-order valence-corrected chi connectivity index (χ0v) is 12.5. The van der Waals surface area contributed by atoms with Crippen molar-refractivity contribution in [1.82, 2.24) is 5.32 Å². The van der Waals surface area contributed by atoms with E-state index in [4.69, 9.17) is 20.4 Å². The van der Waals surface area contributed by atoms with Gasteiger partial charge in [-0.1, -0.05) is 5.16 Å². The second kappa shape index (κ2) is 6.78. The zero-order chi connectivity index (χ0) is 15.3. The summed E-state index contributed by atoms with van der Waals surface area (Å²) in [7, 11) is 0. The number of nitrogens with zero attached hydrogens (tertiary/aromatic N) is 1. The lowest BCUT2D eigenvalue weighted by Crippen LogP contribution is -2.49. The van der Waals surface area contributed by atoms with Crippen LogP contribution >= 0.6 is 0 Å². The Balaban J connectivity index is 1.76. The van der Waals surface area contributed by atoms with Crippen molar-refractivity contribution >= 4 is 5.84 Å². The highest BCUT2D eigenvalue weighted by Crippen LogP contribution is 2.24. The van der Waals surface area contributed by atoms with Crippen LogP contribution in [0.15, 0.2) is 29.4 Å². The maximum atomic E-state index is 8.59. The molecule has 2 rings (SSSR count). The van der Waals surface area contributed by atoms with Crippen LogP contribution in [-0.2, 0) is 4.74 Å². The van der Waals surface area contributed by atoms with Crippen LogP contribution in [0.3, 0.4) is 0 Å². The van der Waals surface area contributed by atoms with E-state index in [0.29, 0.717) is 12.2 Å². The molecular weight excluding hydrogens is 270 g/mol. The summed E-state index contributed by atoms with van der Waals surface area (Å²) in [6.07, 6.45) is 1.24. The highest BCUT2D eigenvalue weighted by Gasteiger charge is 2.36. The Hall–Kier alpha value is -1.79. The average Bonchev–Trinajstić information content (AvgIpc) is 2.83. The van der Waals surface area contributed by atoms with E-state index in [1.165, 1.54) is 0 Å². The molecule has 1 saturated heterocycles. The third-order valence-electron chi connectivity index (χ3n) is 4.04. The van der Waals surface area contributed by atoms with E-state index in [-0.39, 0.29) is 17.5 Å². The number of benzene rings is 1. The molecule has 21 heavy (non-hydrogen) atoms. The molecule has 6 heteroatoms. The van der Waals surface area contributed by atoms with Crippen LogP contribution in [0.5, 0.6) is 5.75 Å². The predicted octanol–water partition coefficient (Wildman–Crippen LogP) is 1.32. The summed E-state index contributed by atoms with van der Waals surface area (Å²) in [6.45, 7) is 6.40. The summed E-state index contributed by atoms with van der Waals surface area (Å²) in [5.41, 5.74) is 6.19. The Labute approximate surface area is 124 Å². The van der Waals surface area contributed by atoms with Crippen molar-refractivity contribution in [2.24, 2.45) is 10.9 Å². The first-order chi connectivity index (χ1) is 10.0. The molecule has 4 N–H and O–H groups in total. The fraction of sp³-hybridized carbons (Fsp3) is 0.533. The lowest BCUT2D eigenvalue weighted by Gasteiger charge is -2.29. The zero-order valence-electron chi connectivity index (χ0n) is 12.5. The molecule has 1 aliphatic heterocycles. The molecule has 116 valence electrons. The van der Waals surface area contributed by atoms with E-state index in [0.717, 1.165) is 25.3 Å². The van der Waals surface area contributed by atoms with Crippen molar-refractivity contribution in [1.29, 1.82) is 0 Å². The molecule has 0 amide bonds. The quantitative estimate of drug-likeness (QED) is 0.242. The second-order valence-electron chi connectivity index (χ2n) is 5.47. The molecule has 0 saturated carbocycles. The largest absolute Gasteiger partial charge is 0.492 e. The van der Waals surface area contributed by atoms with E-state index in [2.05, 4.69) is 24.3 Å². The van der Waals surface area contributed by atoms with E-state index in [1.807, 2.05) is 0 Å². The number of nitrogens with two attached hydrogens (primary N) is 1. The average molecular weight is 293 g/mol. The van der Waals surface area contributed by atoms with Crippen LogP contribution in [0.2, 0.25) is 0 Å². The maximum absolute atomic E-state index is 8.59. The fourth-order valence-corrected chi connectivity index (χ4v) is 2.35. The smallest absolute Gasteiger partial charge is 0.170 e. The number of hydrogen-bond acceptors (Lipinski definition) is 5. The Kier molecular flexibility index (Phi) is 5.03. The predicted molar refractivity (Wildman–Crippen MR) is 80.9 cm³/mol. The van der Waals surface area contributed by atoms with Crippen molar-refractivity contribution in [2.75, 3.05) is 19.8 Å². The summed E-state index contributed by atoms with van der Waals surface area (Å²) in [5.74, 6) is 0.846. The summed E-state index contributed by atoms with van der Waals surface area (Å²) < 4.78 is 11.3. The third kappa shape index (κ3) is 3.86. The maximum Gasteiger partial charge on any atom is 0.170 e. The van der Waals surface area contributed by atoms with Gasteiger partial charge in [-0.25, -0.2) is 0 Å². The van der Waals surface area contributed by atoms with Crippen molar-refractivity contribution in [3.63, 3.8) is 0 Å². The topological polar surface area (TPSA) is 89.1 Å². The first-order valence-electron chi connectivity index (χ1n) is 7.12. The summed E-state index contributed by atoms with van der Waals surface area (Å²) in [5, 5.41) is 15.0. The molecule has 1 fully saturated rings. The van der Waals surface area contributed by atoms with Crippen molar-refractivity contribution in [3.05, 3.63) is 29.8 Å². The number of amidine groups is 1. The van der Waals surface area contributed by atoms with Gasteiger partial charge in [0, 0.05) is 24.3 Å². The monoisotopic (exact) mass is 293 g/mol. The molecule has 0 bridgehead atoms. The Morgan fingerprint density at radius 2 is 2.24 bits per heavy atom. The highest BCUT2D eigenvalue weighted by molar-refractivity contribution is 5.97. The minimum absolute atomic E-state index is 0.0270. The number of nitrogens with one attached hydrogen (secondary N) is 1. The van der Waals surface area contributed by atoms with Gasteiger partial charge in [-0.05, 0) is 44.5 Å². The third-order valence-corrected chi connectivity index (χ3v) is 4.04. The molecule has 1 heterocycles. The Morgan fingerprint density at radius 3 is 2.81 bits per heavy atom. The van der Waals surface area contributed by atoms with Gasteiger partial charge in [-0.3, -0.25) is 0 Å². The molecule has 0 radical (unpaired) electrons. The van der Waals surface area contributed by atoms with Gasteiger partial charge in [-0.15, -0.1) is 0 Å². The van der Waals surface area contributed by atoms with Gasteiger partial charge in [0.25, 0.3) is 0 Å². The lowest BCUT2D eigenvalue weighted by molar-refractivity contribution is 0.0872. The minimum Gasteiger partial charge on any atom is -0.492 e. The van der Waals surface area contributed by atoms with E-state index in [9.17, 15) is 0 Å². The lowest BCUT2D eigenvalue weighted by atomic mass is 9.95. The number of ether oxygens (including phenoxy) is 2. The number of oxime groups is 1. The van der Waals surface area contributed by atoms with Gasteiger partial charge < -0.3 is 25.7 Å². The van der Waals surface area contributed by atoms with Crippen LogP contribution in [-0.4, -0.2) is 42.4 Å². The van der Waals surface area contributed by atoms with Crippen LogP contribution in [0.4, 0.5) is 0 Å². The molecular formula is C15H23N3O3. The molecule has 2 atom stereocenters. The Bertz CT molecular complexity index is 489. The first-order valence-corrected chi connectivity index (χ1v) is 7.12. The van der Waals surface area contributed by atoms with Crippen LogP contribution in [0, 0.1) is 0 Å². The van der Waals surface area contributed by atoms with Gasteiger partial charge in [0.2, 0.25) is 0 Å². The molecule has 0 spiro atoms. The molecule has 6 nitrogen and oxygen atoms in total. The summed E-state index contributed by atoms with van der Waals surface area (Å²) in [6, 6.07) is 7.12. The number of hydrogen-bond donors (Lipinski definition) is 3. The molecule has 0 aliphatic carbocycles. The normalized spacial score (nSPS) is 26.0. The van der Waals surface area contributed by atoms with Gasteiger partial charge >= 0.3 is 0 Å². The first kappa shape index (κ1) is 15.6. The van der Waals surface area contributed by atoms with Gasteiger partial charge in [0.1, 0.15) is 12.4 Å². The van der Waals surface area contributed by atoms with Crippen LogP contribution in [0.25, 0.3) is 0 Å². The van der Waals surface area contributed by atoms with Crippen molar-refractivity contribution in [2.45, 2.75) is 31.9 Å². The molecule has 2 unspecified atom stereocenters. The van der Waals surface area contributed by atoms with Crippen LogP contribution in [0.1, 0.15) is 25.8 Å². The standard InChI is InChI=1S/C15H23N3O3/c1-11-15(2,7-9-20-11)17-8-10-21-13-5-3-12(4-6-13)14(16)18-19/h3-6,11,17,19H,7-10H2,1-2H3,(H2,16,18). The van der Waals surface area contributed by atoms with E-state index < -0.39 is 0 Å².